The molecule has 1 aromatic heterocycles. The van der Waals surface area contributed by atoms with Gasteiger partial charge in [-0.15, -0.1) is 5.10 Å². The molecule has 2 aromatic rings. The lowest BCUT2D eigenvalue weighted by atomic mass is 10.2. The van der Waals surface area contributed by atoms with Crippen molar-refractivity contribution in [2.24, 2.45) is 0 Å². The van der Waals surface area contributed by atoms with Crippen molar-refractivity contribution in [3.05, 3.63) is 35.7 Å². The molecule has 1 fully saturated rings. The molecule has 122 valence electrons. The van der Waals surface area contributed by atoms with E-state index in [2.05, 4.69) is 10.2 Å². The summed E-state index contributed by atoms with van der Waals surface area (Å²) in [5.41, 5.74) is 1.16. The largest absolute Gasteiger partial charge is 0.484 e. The molecular formula is C16H20N4O3. The number of aromatic nitrogens is 2. The number of carbonyl (C=O) groups is 1. The highest BCUT2D eigenvalue weighted by Crippen LogP contribution is 2.15. The number of hydrogen-bond acceptors (Lipinski definition) is 6. The van der Waals surface area contributed by atoms with Gasteiger partial charge in [-0.3, -0.25) is 4.79 Å². The second-order valence-electron chi connectivity index (χ2n) is 5.57. The van der Waals surface area contributed by atoms with E-state index >= 15 is 0 Å². The van der Waals surface area contributed by atoms with Crippen molar-refractivity contribution in [1.29, 1.82) is 0 Å². The Balaban J connectivity index is 1.47. The van der Waals surface area contributed by atoms with Gasteiger partial charge in [0.15, 0.2) is 6.61 Å². The van der Waals surface area contributed by atoms with Crippen LogP contribution in [-0.2, 0) is 4.79 Å². The molecule has 0 N–H and O–H groups in total. The topological polar surface area (TPSA) is 71.7 Å². The SMILES string of the molecule is Cc1ccc(OCC(=O)N2CCN(c3nnc(C)o3)CC2)cc1. The fourth-order valence-corrected chi connectivity index (χ4v) is 2.43. The number of ether oxygens (including phenoxy) is 1. The number of amides is 1. The standard InChI is InChI=1S/C16H20N4O3/c1-12-3-5-14(6-4-12)22-11-15(21)19-7-9-20(10-8-19)16-18-17-13(2)23-16/h3-6H,7-11H2,1-2H3. The number of rotatable bonds is 4. The van der Waals surface area contributed by atoms with Crippen molar-refractivity contribution in [3.63, 3.8) is 0 Å². The molecule has 7 nitrogen and oxygen atoms in total. The molecule has 1 aromatic carbocycles. The molecular weight excluding hydrogens is 296 g/mol. The van der Waals surface area contributed by atoms with Crippen molar-refractivity contribution >= 4 is 11.9 Å². The number of aryl methyl sites for hydroxylation is 2. The summed E-state index contributed by atoms with van der Waals surface area (Å²) in [6, 6.07) is 8.19. The maximum atomic E-state index is 12.2. The smallest absolute Gasteiger partial charge is 0.318 e. The van der Waals surface area contributed by atoms with E-state index in [4.69, 9.17) is 9.15 Å². The zero-order chi connectivity index (χ0) is 16.2. The van der Waals surface area contributed by atoms with Gasteiger partial charge in [0.25, 0.3) is 5.91 Å². The Morgan fingerprint density at radius 1 is 1.13 bits per heavy atom. The first-order valence-electron chi connectivity index (χ1n) is 7.64. The Morgan fingerprint density at radius 2 is 1.83 bits per heavy atom. The number of carbonyl (C=O) groups excluding carboxylic acids is 1. The maximum absolute atomic E-state index is 12.2. The molecule has 1 amide bonds. The predicted octanol–water partition coefficient (Wildman–Crippen LogP) is 1.41. The van der Waals surface area contributed by atoms with Crippen LogP contribution >= 0.6 is 0 Å². The van der Waals surface area contributed by atoms with Crippen LogP contribution < -0.4 is 9.64 Å². The predicted molar refractivity (Wildman–Crippen MR) is 84.5 cm³/mol. The molecule has 7 heteroatoms. The Labute approximate surface area is 134 Å². The molecule has 0 unspecified atom stereocenters. The van der Waals surface area contributed by atoms with E-state index in [9.17, 15) is 4.79 Å². The van der Waals surface area contributed by atoms with Crippen molar-refractivity contribution in [1.82, 2.24) is 15.1 Å². The zero-order valence-corrected chi connectivity index (χ0v) is 13.4. The quantitative estimate of drug-likeness (QED) is 0.849. The second-order valence-corrected chi connectivity index (χ2v) is 5.57. The Morgan fingerprint density at radius 3 is 2.43 bits per heavy atom. The van der Waals surface area contributed by atoms with E-state index in [1.807, 2.05) is 36.1 Å². The van der Waals surface area contributed by atoms with Gasteiger partial charge in [0.05, 0.1) is 0 Å². The Kier molecular flexibility index (Phi) is 4.45. The summed E-state index contributed by atoms with van der Waals surface area (Å²) in [5, 5.41) is 7.83. The van der Waals surface area contributed by atoms with Crippen LogP contribution in [-0.4, -0.2) is 53.8 Å². The molecule has 1 aliphatic rings. The van der Waals surface area contributed by atoms with Gasteiger partial charge in [0.1, 0.15) is 5.75 Å². The summed E-state index contributed by atoms with van der Waals surface area (Å²) in [5.74, 6) is 1.25. The third-order valence-electron chi connectivity index (χ3n) is 3.80. The minimum atomic E-state index is -0.00747. The van der Waals surface area contributed by atoms with Crippen molar-refractivity contribution < 1.29 is 13.9 Å². The molecule has 3 rings (SSSR count). The number of piperazine rings is 1. The minimum Gasteiger partial charge on any atom is -0.484 e. The summed E-state index contributed by atoms with van der Waals surface area (Å²) in [7, 11) is 0. The van der Waals surface area contributed by atoms with Crippen LogP contribution in [0.15, 0.2) is 28.7 Å². The van der Waals surface area contributed by atoms with Gasteiger partial charge in [-0.2, -0.15) is 0 Å². The van der Waals surface area contributed by atoms with Crippen molar-refractivity contribution in [3.8, 4) is 5.75 Å². The van der Waals surface area contributed by atoms with E-state index in [0.29, 0.717) is 43.8 Å². The zero-order valence-electron chi connectivity index (χ0n) is 13.4. The molecule has 23 heavy (non-hydrogen) atoms. The molecule has 0 radical (unpaired) electrons. The molecule has 0 bridgehead atoms. The summed E-state index contributed by atoms with van der Waals surface area (Å²) < 4.78 is 11.0. The average Bonchev–Trinajstić information content (AvgIpc) is 3.01. The monoisotopic (exact) mass is 316 g/mol. The van der Waals surface area contributed by atoms with Crippen molar-refractivity contribution in [2.75, 3.05) is 37.7 Å². The third kappa shape index (κ3) is 3.80. The van der Waals surface area contributed by atoms with Crippen LogP contribution in [0.3, 0.4) is 0 Å². The summed E-state index contributed by atoms with van der Waals surface area (Å²) >= 11 is 0. The lowest BCUT2D eigenvalue weighted by Gasteiger charge is -2.33. The molecule has 1 aliphatic heterocycles. The highest BCUT2D eigenvalue weighted by Gasteiger charge is 2.24. The van der Waals surface area contributed by atoms with Crippen LogP contribution in [0.2, 0.25) is 0 Å². The average molecular weight is 316 g/mol. The van der Waals surface area contributed by atoms with E-state index in [1.165, 1.54) is 0 Å². The lowest BCUT2D eigenvalue weighted by Crippen LogP contribution is -2.50. The molecule has 0 saturated carbocycles. The van der Waals surface area contributed by atoms with Crippen LogP contribution in [0.1, 0.15) is 11.5 Å². The highest BCUT2D eigenvalue weighted by atomic mass is 16.5. The van der Waals surface area contributed by atoms with Crippen LogP contribution in [0.25, 0.3) is 0 Å². The number of benzene rings is 1. The maximum Gasteiger partial charge on any atom is 0.318 e. The summed E-state index contributed by atoms with van der Waals surface area (Å²) in [6.07, 6.45) is 0. The Hall–Kier alpha value is -2.57. The Bertz CT molecular complexity index is 660. The van der Waals surface area contributed by atoms with E-state index in [1.54, 1.807) is 11.8 Å². The van der Waals surface area contributed by atoms with Gasteiger partial charge in [-0.25, -0.2) is 0 Å². The summed E-state index contributed by atoms with van der Waals surface area (Å²) in [6.45, 7) is 6.44. The van der Waals surface area contributed by atoms with Gasteiger partial charge in [0.2, 0.25) is 5.89 Å². The molecule has 0 atom stereocenters. The van der Waals surface area contributed by atoms with Gasteiger partial charge < -0.3 is 19.0 Å². The number of hydrogen-bond donors (Lipinski definition) is 0. The molecule has 0 aliphatic carbocycles. The first-order valence-corrected chi connectivity index (χ1v) is 7.64. The summed E-state index contributed by atoms with van der Waals surface area (Å²) in [4.78, 5) is 16.0. The van der Waals surface area contributed by atoms with Crippen LogP contribution in [0.5, 0.6) is 5.75 Å². The normalized spacial score (nSPS) is 14.9. The number of nitrogens with zero attached hydrogens (tertiary/aromatic N) is 4. The van der Waals surface area contributed by atoms with E-state index in [0.717, 1.165) is 5.56 Å². The first kappa shape index (κ1) is 15.3. The fraction of sp³-hybridized carbons (Fsp3) is 0.438. The highest BCUT2D eigenvalue weighted by molar-refractivity contribution is 5.78. The molecule has 0 spiro atoms. The first-order chi connectivity index (χ1) is 11.1. The molecule has 1 saturated heterocycles. The second kappa shape index (κ2) is 6.68. The lowest BCUT2D eigenvalue weighted by molar-refractivity contribution is -0.133. The fourth-order valence-electron chi connectivity index (χ4n) is 2.43. The third-order valence-corrected chi connectivity index (χ3v) is 3.80. The van der Waals surface area contributed by atoms with Gasteiger partial charge in [-0.1, -0.05) is 22.8 Å². The van der Waals surface area contributed by atoms with Gasteiger partial charge in [0, 0.05) is 33.1 Å². The van der Waals surface area contributed by atoms with Crippen molar-refractivity contribution in [2.45, 2.75) is 13.8 Å². The minimum absolute atomic E-state index is 0.00747. The van der Waals surface area contributed by atoms with E-state index < -0.39 is 0 Å². The molecule has 2 heterocycles. The van der Waals surface area contributed by atoms with Crippen LogP contribution in [0.4, 0.5) is 6.01 Å². The number of anilines is 1. The van der Waals surface area contributed by atoms with Crippen LogP contribution in [0, 0.1) is 13.8 Å². The van der Waals surface area contributed by atoms with Gasteiger partial charge in [-0.05, 0) is 19.1 Å². The van der Waals surface area contributed by atoms with E-state index in [-0.39, 0.29) is 12.5 Å². The van der Waals surface area contributed by atoms with Gasteiger partial charge >= 0.3 is 6.01 Å².